The number of carbonyl (C=O) groups is 1. The SMILES string of the molecule is [O]C(=O)c1ccc[nH]1. The molecule has 0 amide bonds. The zero-order valence-electron chi connectivity index (χ0n) is 4.05. The smallest absolute Gasteiger partial charge is 0.356 e. The molecule has 0 aromatic carbocycles. The molecule has 0 saturated carbocycles. The number of aromatic nitrogens is 1. The van der Waals surface area contributed by atoms with Gasteiger partial charge in [0, 0.05) is 6.20 Å². The maximum absolute atomic E-state index is 9.92. The van der Waals surface area contributed by atoms with E-state index in [-0.39, 0.29) is 5.69 Å². The van der Waals surface area contributed by atoms with Gasteiger partial charge < -0.3 is 4.98 Å². The van der Waals surface area contributed by atoms with Gasteiger partial charge in [-0.15, -0.1) is 0 Å². The molecule has 0 unspecified atom stereocenters. The molecule has 0 aliphatic rings. The van der Waals surface area contributed by atoms with E-state index in [2.05, 4.69) is 4.98 Å². The average molecular weight is 110 g/mol. The molecule has 0 bridgehead atoms. The van der Waals surface area contributed by atoms with Gasteiger partial charge in [0.15, 0.2) is 0 Å². The zero-order chi connectivity index (χ0) is 5.98. The van der Waals surface area contributed by atoms with Crippen LogP contribution in [0.4, 0.5) is 0 Å². The van der Waals surface area contributed by atoms with Crippen molar-refractivity contribution in [1.82, 2.24) is 4.98 Å². The van der Waals surface area contributed by atoms with Crippen LogP contribution in [0.25, 0.3) is 0 Å². The molecule has 0 aliphatic carbocycles. The predicted molar refractivity (Wildman–Crippen MR) is 25.8 cm³/mol. The molecule has 0 aliphatic heterocycles. The summed E-state index contributed by atoms with van der Waals surface area (Å²) >= 11 is 0. The van der Waals surface area contributed by atoms with Gasteiger partial charge in [0.25, 0.3) is 0 Å². The van der Waals surface area contributed by atoms with Crippen molar-refractivity contribution in [3.05, 3.63) is 24.0 Å². The fourth-order valence-corrected chi connectivity index (χ4v) is 0.457. The number of carbonyl (C=O) groups excluding carboxylic acids is 1. The van der Waals surface area contributed by atoms with E-state index in [1.807, 2.05) is 0 Å². The summed E-state index contributed by atoms with van der Waals surface area (Å²) in [7, 11) is 0. The van der Waals surface area contributed by atoms with Gasteiger partial charge in [-0.2, -0.15) is 0 Å². The summed E-state index contributed by atoms with van der Waals surface area (Å²) < 4.78 is 0. The van der Waals surface area contributed by atoms with Gasteiger partial charge in [0.1, 0.15) is 5.69 Å². The van der Waals surface area contributed by atoms with Crippen molar-refractivity contribution < 1.29 is 9.90 Å². The minimum absolute atomic E-state index is 0.116. The van der Waals surface area contributed by atoms with Gasteiger partial charge in [-0.05, 0) is 12.1 Å². The van der Waals surface area contributed by atoms with Gasteiger partial charge in [0.2, 0.25) is 0 Å². The summed E-state index contributed by atoms with van der Waals surface area (Å²) in [5.41, 5.74) is 0.116. The third-order valence-electron chi connectivity index (χ3n) is 0.818. The number of nitrogens with one attached hydrogen (secondary N) is 1. The maximum Gasteiger partial charge on any atom is 0.402 e. The number of hydrogen-bond donors (Lipinski definition) is 1. The minimum atomic E-state index is -1.17. The molecule has 1 N–H and O–H groups in total. The first-order chi connectivity index (χ1) is 3.80. The molecule has 3 nitrogen and oxygen atoms in total. The summed E-state index contributed by atoms with van der Waals surface area (Å²) in [6.07, 6.45) is 1.53. The first-order valence-electron chi connectivity index (χ1n) is 2.15. The Morgan fingerprint density at radius 1 is 1.62 bits per heavy atom. The minimum Gasteiger partial charge on any atom is -0.356 e. The highest BCUT2D eigenvalue weighted by Crippen LogP contribution is 1.91. The lowest BCUT2D eigenvalue weighted by Crippen LogP contribution is -1.92. The monoisotopic (exact) mass is 110 g/mol. The van der Waals surface area contributed by atoms with Crippen LogP contribution in [-0.4, -0.2) is 11.0 Å². The molecule has 8 heavy (non-hydrogen) atoms. The van der Waals surface area contributed by atoms with Crippen molar-refractivity contribution >= 4 is 5.97 Å². The molecule has 1 radical (unpaired) electrons. The van der Waals surface area contributed by atoms with Crippen LogP contribution in [-0.2, 0) is 5.11 Å². The number of aromatic amines is 1. The van der Waals surface area contributed by atoms with Crippen molar-refractivity contribution in [3.63, 3.8) is 0 Å². The number of H-pyrrole nitrogens is 1. The van der Waals surface area contributed by atoms with Crippen molar-refractivity contribution in [2.24, 2.45) is 0 Å². The molecule has 0 spiro atoms. The predicted octanol–water partition coefficient (Wildman–Crippen LogP) is 0.585. The van der Waals surface area contributed by atoms with E-state index < -0.39 is 5.97 Å². The third kappa shape index (κ3) is 0.703. The summed E-state index contributed by atoms with van der Waals surface area (Å²) in [6, 6.07) is 3.04. The molecule has 1 aromatic rings. The van der Waals surface area contributed by atoms with E-state index in [0.29, 0.717) is 0 Å². The highest BCUT2D eigenvalue weighted by atomic mass is 16.4. The van der Waals surface area contributed by atoms with Crippen LogP contribution in [0.1, 0.15) is 10.5 Å². The van der Waals surface area contributed by atoms with Crippen LogP contribution in [0.3, 0.4) is 0 Å². The molecule has 0 atom stereocenters. The van der Waals surface area contributed by atoms with Crippen LogP contribution in [0.2, 0.25) is 0 Å². The molecule has 1 aromatic heterocycles. The molecule has 0 fully saturated rings. The van der Waals surface area contributed by atoms with Crippen molar-refractivity contribution in [3.8, 4) is 0 Å². The highest BCUT2D eigenvalue weighted by Gasteiger charge is 2.01. The van der Waals surface area contributed by atoms with E-state index in [4.69, 9.17) is 0 Å². The third-order valence-corrected chi connectivity index (χ3v) is 0.818. The average Bonchev–Trinajstić information content (AvgIpc) is 2.12. The second-order valence-corrected chi connectivity index (χ2v) is 1.37. The first kappa shape index (κ1) is 4.90. The Morgan fingerprint density at radius 3 is 2.62 bits per heavy atom. The van der Waals surface area contributed by atoms with E-state index in [1.165, 1.54) is 12.3 Å². The van der Waals surface area contributed by atoms with Crippen molar-refractivity contribution in [2.75, 3.05) is 0 Å². The second kappa shape index (κ2) is 1.69. The van der Waals surface area contributed by atoms with Crippen molar-refractivity contribution in [2.45, 2.75) is 0 Å². The highest BCUT2D eigenvalue weighted by molar-refractivity contribution is 5.84. The number of hydrogen-bond acceptors (Lipinski definition) is 1. The fourth-order valence-electron chi connectivity index (χ4n) is 0.457. The van der Waals surface area contributed by atoms with Gasteiger partial charge in [-0.1, -0.05) is 0 Å². The number of rotatable bonds is 1. The van der Waals surface area contributed by atoms with E-state index in [0.717, 1.165) is 0 Å². The van der Waals surface area contributed by atoms with Crippen LogP contribution in [0.5, 0.6) is 0 Å². The molecule has 3 heteroatoms. The van der Waals surface area contributed by atoms with Gasteiger partial charge in [-0.25, -0.2) is 9.90 Å². The lowest BCUT2D eigenvalue weighted by molar-refractivity contribution is 0.0567. The topological polar surface area (TPSA) is 52.8 Å². The summed E-state index contributed by atoms with van der Waals surface area (Å²) in [4.78, 5) is 12.4. The van der Waals surface area contributed by atoms with E-state index in [1.54, 1.807) is 6.07 Å². The fraction of sp³-hybridized carbons (Fsp3) is 0. The Kier molecular flexibility index (Phi) is 1.04. The van der Waals surface area contributed by atoms with Crippen LogP contribution >= 0.6 is 0 Å². The standard InChI is InChI=1S/C5H4NO2/c7-5(8)4-2-1-3-6-4/h1-3,6H. The van der Waals surface area contributed by atoms with Gasteiger partial charge in [0.05, 0.1) is 0 Å². The molecular formula is C5H4NO2. The van der Waals surface area contributed by atoms with Crippen molar-refractivity contribution in [1.29, 1.82) is 0 Å². The van der Waals surface area contributed by atoms with Gasteiger partial charge >= 0.3 is 5.97 Å². The Morgan fingerprint density at radius 2 is 2.38 bits per heavy atom. The Hall–Kier alpha value is -1.25. The first-order valence-corrected chi connectivity index (χ1v) is 2.15. The van der Waals surface area contributed by atoms with Crippen LogP contribution in [0.15, 0.2) is 18.3 Å². The Labute approximate surface area is 46.0 Å². The molecule has 1 heterocycles. The quantitative estimate of drug-likeness (QED) is 0.565. The lowest BCUT2D eigenvalue weighted by Gasteiger charge is -1.76. The maximum atomic E-state index is 9.92. The Bertz CT molecular complexity index is 178. The molecular weight excluding hydrogens is 106 g/mol. The molecule has 1 rings (SSSR count). The Balaban J connectivity index is 2.93. The zero-order valence-corrected chi connectivity index (χ0v) is 4.05. The molecule has 41 valence electrons. The van der Waals surface area contributed by atoms with Gasteiger partial charge in [-0.3, -0.25) is 0 Å². The molecule has 0 saturated heterocycles. The largest absolute Gasteiger partial charge is 0.402 e. The van der Waals surface area contributed by atoms with E-state index in [9.17, 15) is 9.90 Å². The summed E-state index contributed by atoms with van der Waals surface area (Å²) in [6.45, 7) is 0. The summed E-state index contributed by atoms with van der Waals surface area (Å²) in [5.74, 6) is -1.17. The lowest BCUT2D eigenvalue weighted by atomic mass is 10.4. The normalized spacial score (nSPS) is 9.00. The summed E-state index contributed by atoms with van der Waals surface area (Å²) in [5, 5.41) is 9.92. The van der Waals surface area contributed by atoms with Crippen LogP contribution in [0, 0.1) is 0 Å². The second-order valence-electron chi connectivity index (χ2n) is 1.37. The van der Waals surface area contributed by atoms with Crippen LogP contribution < -0.4 is 0 Å². The van der Waals surface area contributed by atoms with E-state index >= 15 is 0 Å².